The molecule has 0 rings (SSSR count). The van der Waals surface area contributed by atoms with Crippen LogP contribution in [0, 0.1) is 41.7 Å². The second kappa shape index (κ2) is 30.7. The second-order valence-corrected chi connectivity index (χ2v) is 0. The maximum atomic E-state index is 0. The van der Waals surface area contributed by atoms with Crippen LogP contribution in [-0.4, -0.2) is 107 Å². The van der Waals surface area contributed by atoms with Crippen LogP contribution in [0.15, 0.2) is 0 Å². The fraction of sp³-hybridized carbons (Fsp3) is 0. The van der Waals surface area contributed by atoms with Gasteiger partial charge in [0, 0.05) is 79.9 Å². The van der Waals surface area contributed by atoms with Crippen LogP contribution in [0.25, 0.3) is 0 Å². The molecule has 6 heavy (non-hydrogen) atoms. The molecule has 6 heteroatoms. The van der Waals surface area contributed by atoms with Gasteiger partial charge in [0.2, 0.25) is 0 Å². The quantitative estimate of drug-likeness (QED) is 0.311. The smallest absolute Gasteiger partial charge is 0 e. The van der Waals surface area contributed by atoms with Gasteiger partial charge in [-0.15, -0.1) is 0 Å². The first kappa shape index (κ1) is 40.7. The topological polar surface area (TPSA) is 0 Å². The third kappa shape index (κ3) is 22.5. The van der Waals surface area contributed by atoms with E-state index < -0.39 is 0 Å². The minimum absolute atomic E-state index is 0. The van der Waals surface area contributed by atoms with Gasteiger partial charge >= 0.3 is 107 Å². The van der Waals surface area contributed by atoms with Gasteiger partial charge in [-0.05, 0) is 0 Å². The summed E-state index contributed by atoms with van der Waals surface area (Å²) in [5.74, 6) is 0. The van der Waals surface area contributed by atoms with Crippen LogP contribution in [-0.2, 0) is 38.1 Å². The van der Waals surface area contributed by atoms with Gasteiger partial charge in [0.25, 0.3) is 0 Å². The molecule has 0 saturated heterocycles. The molecule has 0 aromatic rings. The van der Waals surface area contributed by atoms with Gasteiger partial charge in [0.05, 0.1) is 0 Å². The predicted octanol–water partition coefficient (Wildman–Crippen LogP) is -2.49. The van der Waals surface area contributed by atoms with E-state index in [0.717, 1.165) is 0 Å². The van der Waals surface area contributed by atoms with Crippen LogP contribution in [0.3, 0.4) is 0 Å². The molecule has 0 amide bonds. The summed E-state index contributed by atoms with van der Waals surface area (Å²) in [5, 5.41) is 0. The van der Waals surface area contributed by atoms with Crippen molar-refractivity contribution in [2.45, 2.75) is 0 Å². The Morgan fingerprint density at radius 1 is 1.00 bits per heavy atom. The van der Waals surface area contributed by atoms with Gasteiger partial charge in [-0.1, -0.05) is 0 Å². The number of hydrogen-bond donors (Lipinski definition) is 0. The number of rotatable bonds is 0. The van der Waals surface area contributed by atoms with Crippen molar-refractivity contribution in [3.63, 3.8) is 0 Å². The Morgan fingerprint density at radius 2 is 1.00 bits per heavy atom. The first-order valence-electron chi connectivity index (χ1n) is 0. The summed E-state index contributed by atoms with van der Waals surface area (Å²) in [6, 6.07) is 0. The third-order valence-corrected chi connectivity index (χ3v) is 0. The van der Waals surface area contributed by atoms with Crippen molar-refractivity contribution < 1.29 is 79.9 Å². The molecule has 0 bridgehead atoms. The van der Waals surface area contributed by atoms with Gasteiger partial charge in [-0.2, -0.15) is 0 Å². The zero-order chi connectivity index (χ0) is 0. The van der Waals surface area contributed by atoms with Crippen molar-refractivity contribution in [2.24, 2.45) is 0 Å². The SMILES string of the molecule is [BeH2].[Ce].[Fe].[KH].[SrH2].[W]. The summed E-state index contributed by atoms with van der Waals surface area (Å²) < 4.78 is 0. The predicted molar refractivity (Wildman–Crippen MR) is 24.2 cm³/mol. The van der Waals surface area contributed by atoms with Gasteiger partial charge in [0.1, 0.15) is 0 Å². The van der Waals surface area contributed by atoms with Gasteiger partial charge in [-0.3, -0.25) is 0 Å². The molecule has 0 radical (unpaired) electrons. The maximum absolute atomic E-state index is 0. The molecular formula is H5BeCeFeKSrW. The van der Waals surface area contributed by atoms with Crippen molar-refractivity contribution in [3.05, 3.63) is 0 Å². The standard InChI is InChI=1S/Be.Ce.Fe.K.Sr.W.5H. The van der Waals surface area contributed by atoms with E-state index in [2.05, 4.69) is 0 Å². The van der Waals surface area contributed by atoms with Crippen LogP contribution in [0.2, 0.25) is 0 Å². The molecule has 0 aromatic carbocycles. The molecule has 0 heterocycles. The largest absolute Gasteiger partial charge is 0 e. The fourth-order valence-corrected chi connectivity index (χ4v) is 0. The maximum Gasteiger partial charge on any atom is 0 e. The van der Waals surface area contributed by atoms with Gasteiger partial charge < -0.3 is 0 Å². The first-order valence-corrected chi connectivity index (χ1v) is 0. The molecule has 0 spiro atoms. The molecule has 0 unspecified atom stereocenters. The number of hydrogen-bond acceptors (Lipinski definition) is 0. The van der Waals surface area contributed by atoms with Crippen LogP contribution < -0.4 is 0 Å². The Balaban J connectivity index is 0. The zero-order valence-corrected chi connectivity index (χ0v) is 8.44. The van der Waals surface area contributed by atoms with E-state index in [1.165, 1.54) is 0 Å². The fourth-order valence-electron chi connectivity index (χ4n) is 0. The van der Waals surface area contributed by atoms with Crippen molar-refractivity contribution in [2.75, 3.05) is 0 Å². The van der Waals surface area contributed by atoms with Gasteiger partial charge in [0.15, 0.2) is 0 Å². The molecule has 0 fully saturated rings. The van der Waals surface area contributed by atoms with Crippen LogP contribution in [0.5, 0.6) is 0 Å². The average molecular weight is 521 g/mol. The van der Waals surface area contributed by atoms with Crippen molar-refractivity contribution in [1.29, 1.82) is 0 Å². The van der Waals surface area contributed by atoms with E-state index in [-0.39, 0.29) is 187 Å². The third-order valence-electron chi connectivity index (χ3n) is 0. The minimum atomic E-state index is 0. The Hall–Kier alpha value is 5.87. The van der Waals surface area contributed by atoms with Crippen molar-refractivity contribution in [3.8, 4) is 0 Å². The molecule has 0 saturated carbocycles. The van der Waals surface area contributed by atoms with Crippen LogP contribution in [0.4, 0.5) is 0 Å². The second-order valence-electron chi connectivity index (χ2n) is 0. The summed E-state index contributed by atoms with van der Waals surface area (Å²) >= 11 is 0. The molecule has 0 N–H and O–H groups in total. The van der Waals surface area contributed by atoms with E-state index in [9.17, 15) is 0 Å². The molecule has 0 nitrogen and oxygen atoms in total. The first-order chi connectivity index (χ1) is 0. The molecule has 0 atom stereocenters. The normalized spacial score (nSPS) is 0. The molecular weight excluding hydrogens is 516 g/mol. The summed E-state index contributed by atoms with van der Waals surface area (Å²) in [5.41, 5.74) is 0. The van der Waals surface area contributed by atoms with E-state index in [0.29, 0.717) is 0 Å². The summed E-state index contributed by atoms with van der Waals surface area (Å²) in [4.78, 5) is 0. The Labute approximate surface area is 181 Å². The Kier molecular flexibility index (Phi) is 208. The molecule has 0 aliphatic rings. The summed E-state index contributed by atoms with van der Waals surface area (Å²) in [6.07, 6.45) is 0. The van der Waals surface area contributed by atoms with E-state index in [1.807, 2.05) is 0 Å². The molecule has 28 valence electrons. The van der Waals surface area contributed by atoms with E-state index in [4.69, 9.17) is 0 Å². The Morgan fingerprint density at radius 3 is 1.00 bits per heavy atom. The van der Waals surface area contributed by atoms with E-state index in [1.54, 1.807) is 0 Å². The molecule has 0 aromatic heterocycles. The summed E-state index contributed by atoms with van der Waals surface area (Å²) in [7, 11) is 0. The van der Waals surface area contributed by atoms with E-state index >= 15 is 0 Å². The minimum Gasteiger partial charge on any atom is 0 e. The van der Waals surface area contributed by atoms with Gasteiger partial charge in [-0.25, -0.2) is 0 Å². The Bertz CT molecular complexity index is 15.5. The molecule has 0 aliphatic carbocycles. The average Bonchev–Trinajstić information content (AvgIpc) is 0. The molecule has 0 aliphatic heterocycles. The monoisotopic (exact) mass is 521 g/mol. The van der Waals surface area contributed by atoms with Crippen molar-refractivity contribution >= 4 is 107 Å². The van der Waals surface area contributed by atoms with Crippen LogP contribution in [0.1, 0.15) is 0 Å². The zero-order valence-electron chi connectivity index (χ0n) is 1.26. The summed E-state index contributed by atoms with van der Waals surface area (Å²) in [6.45, 7) is 0. The van der Waals surface area contributed by atoms with Crippen LogP contribution >= 0.6 is 0 Å². The van der Waals surface area contributed by atoms with Crippen molar-refractivity contribution in [1.82, 2.24) is 0 Å².